The van der Waals surface area contributed by atoms with Crippen molar-refractivity contribution >= 4 is 29.0 Å². The number of urea groups is 1. The number of primary amides is 1. The first-order valence-electron chi connectivity index (χ1n) is 7.85. The van der Waals surface area contributed by atoms with Gasteiger partial charge in [0, 0.05) is 24.5 Å². The summed E-state index contributed by atoms with van der Waals surface area (Å²) in [5.74, 6) is -0.286. The van der Waals surface area contributed by atoms with Crippen LogP contribution < -0.4 is 16.0 Å². The minimum Gasteiger partial charge on any atom is -0.351 e. The van der Waals surface area contributed by atoms with Crippen LogP contribution in [0.2, 0.25) is 0 Å². The number of hydrogen-bond acceptors (Lipinski definition) is 4. The smallest absolute Gasteiger partial charge is 0.319 e. The van der Waals surface area contributed by atoms with Gasteiger partial charge in [-0.05, 0) is 31.0 Å². The normalized spacial score (nSPS) is 13.1. The molecule has 0 saturated heterocycles. The molecule has 0 unspecified atom stereocenters. The highest BCUT2D eigenvalue weighted by atomic mass is 16.2. The van der Waals surface area contributed by atoms with Gasteiger partial charge in [0.05, 0.1) is 23.1 Å². The molecule has 0 radical (unpaired) electrons. The van der Waals surface area contributed by atoms with Gasteiger partial charge in [-0.2, -0.15) is 5.10 Å². The molecule has 8 nitrogen and oxygen atoms in total. The number of carbonyl (C=O) groups is 2. The predicted octanol–water partition coefficient (Wildman–Crippen LogP) is 1.73. The zero-order valence-corrected chi connectivity index (χ0v) is 13.6. The number of benzene rings is 1. The van der Waals surface area contributed by atoms with Gasteiger partial charge in [-0.15, -0.1) is 0 Å². The molecule has 25 heavy (non-hydrogen) atoms. The van der Waals surface area contributed by atoms with E-state index in [1.165, 1.54) is 11.1 Å². The molecule has 0 atom stereocenters. The first-order chi connectivity index (χ1) is 12.0. The molecule has 1 aromatic carbocycles. The van der Waals surface area contributed by atoms with Gasteiger partial charge < -0.3 is 11.1 Å². The van der Waals surface area contributed by atoms with Crippen LogP contribution in [0.25, 0.3) is 5.65 Å². The van der Waals surface area contributed by atoms with E-state index in [4.69, 9.17) is 5.73 Å². The fourth-order valence-electron chi connectivity index (χ4n) is 3.10. The summed E-state index contributed by atoms with van der Waals surface area (Å²) in [5, 5.41) is 7.01. The summed E-state index contributed by atoms with van der Waals surface area (Å²) < 4.78 is 1.62. The fourth-order valence-corrected chi connectivity index (χ4v) is 3.10. The summed E-state index contributed by atoms with van der Waals surface area (Å²) >= 11 is 0. The summed E-state index contributed by atoms with van der Waals surface area (Å²) in [5.41, 5.74) is 9.59. The van der Waals surface area contributed by atoms with Gasteiger partial charge in [-0.1, -0.05) is 6.07 Å². The highest BCUT2D eigenvalue weighted by Crippen LogP contribution is 2.30. The van der Waals surface area contributed by atoms with E-state index in [1.54, 1.807) is 22.8 Å². The Morgan fingerprint density at radius 1 is 1.28 bits per heavy atom. The quantitative estimate of drug-likeness (QED) is 0.743. The number of fused-ring (bicyclic) bond motifs is 2. The Kier molecular flexibility index (Phi) is 3.38. The zero-order chi connectivity index (χ0) is 17.6. The third kappa shape index (κ3) is 2.47. The molecule has 1 aliphatic heterocycles. The summed E-state index contributed by atoms with van der Waals surface area (Å²) in [7, 11) is 0. The maximum Gasteiger partial charge on any atom is 0.319 e. The number of amides is 3. The number of carbonyl (C=O) groups excluding carboxylic acids is 2. The average molecular weight is 336 g/mol. The van der Waals surface area contributed by atoms with Crippen molar-refractivity contribution in [3.05, 3.63) is 53.5 Å². The molecule has 8 heteroatoms. The first-order valence-corrected chi connectivity index (χ1v) is 7.85. The van der Waals surface area contributed by atoms with Gasteiger partial charge in [-0.25, -0.2) is 14.3 Å². The van der Waals surface area contributed by atoms with Gasteiger partial charge in [0.2, 0.25) is 0 Å². The lowest BCUT2D eigenvalue weighted by molar-refractivity contribution is 0.102. The van der Waals surface area contributed by atoms with Crippen molar-refractivity contribution in [3.63, 3.8) is 0 Å². The first kappa shape index (κ1) is 15.1. The van der Waals surface area contributed by atoms with Crippen LogP contribution in [0, 0.1) is 6.92 Å². The van der Waals surface area contributed by atoms with Crippen LogP contribution in [-0.2, 0) is 6.42 Å². The third-order valence-electron chi connectivity index (χ3n) is 4.41. The van der Waals surface area contributed by atoms with Crippen molar-refractivity contribution in [2.45, 2.75) is 13.3 Å². The molecule has 126 valence electrons. The van der Waals surface area contributed by atoms with E-state index in [1.807, 2.05) is 19.1 Å². The van der Waals surface area contributed by atoms with Crippen LogP contribution in [0.4, 0.5) is 16.2 Å². The molecule has 4 rings (SSSR count). The van der Waals surface area contributed by atoms with Gasteiger partial charge in [0.25, 0.3) is 5.91 Å². The van der Waals surface area contributed by atoms with Gasteiger partial charge in [0.1, 0.15) is 0 Å². The van der Waals surface area contributed by atoms with Crippen LogP contribution >= 0.6 is 0 Å². The van der Waals surface area contributed by atoms with Gasteiger partial charge in [0.15, 0.2) is 5.65 Å². The molecule has 0 bridgehead atoms. The van der Waals surface area contributed by atoms with Crippen LogP contribution in [0.3, 0.4) is 0 Å². The van der Waals surface area contributed by atoms with Crippen molar-refractivity contribution in [2.75, 3.05) is 16.8 Å². The lowest BCUT2D eigenvalue weighted by atomic mass is 10.1. The fraction of sp³-hybridized carbons (Fsp3) is 0.176. The Bertz CT molecular complexity index is 1010. The molecule has 3 amide bonds. The summed E-state index contributed by atoms with van der Waals surface area (Å²) in [6.07, 6.45) is 3.92. The second-order valence-corrected chi connectivity index (χ2v) is 5.90. The highest BCUT2D eigenvalue weighted by molar-refractivity contribution is 6.05. The van der Waals surface area contributed by atoms with Crippen molar-refractivity contribution in [1.82, 2.24) is 14.6 Å². The Hall–Kier alpha value is -3.42. The highest BCUT2D eigenvalue weighted by Gasteiger charge is 2.23. The SMILES string of the molecule is Cc1c(C(=O)Nc2ccc3c(c2)N(C(N)=O)CC3)cnc2ccnn12. The standard InChI is InChI=1S/C17H16N6O2/c1-10-13(9-19-15-4-6-20-23(10)15)16(24)21-12-3-2-11-5-7-22(17(18)25)14(11)8-12/h2-4,6,8-9H,5,7H2,1H3,(H2,18,25)(H,21,24). The lowest BCUT2D eigenvalue weighted by Gasteiger charge is -2.15. The van der Waals surface area contributed by atoms with E-state index in [9.17, 15) is 9.59 Å². The summed E-state index contributed by atoms with van der Waals surface area (Å²) in [4.78, 5) is 29.9. The van der Waals surface area contributed by atoms with E-state index in [2.05, 4.69) is 15.4 Å². The molecule has 0 aliphatic carbocycles. The maximum absolute atomic E-state index is 12.6. The number of rotatable bonds is 2. The van der Waals surface area contributed by atoms with Gasteiger partial charge in [-0.3, -0.25) is 9.69 Å². The predicted molar refractivity (Wildman–Crippen MR) is 92.8 cm³/mol. The number of nitrogens with two attached hydrogens (primary N) is 1. The number of aromatic nitrogens is 3. The van der Waals surface area contributed by atoms with Crippen LogP contribution in [-0.4, -0.2) is 33.1 Å². The average Bonchev–Trinajstić information content (AvgIpc) is 3.21. The second kappa shape index (κ2) is 5.59. The zero-order valence-electron chi connectivity index (χ0n) is 13.6. The van der Waals surface area contributed by atoms with E-state index < -0.39 is 6.03 Å². The maximum atomic E-state index is 12.6. The van der Waals surface area contributed by atoms with Crippen molar-refractivity contribution in [1.29, 1.82) is 0 Å². The van der Waals surface area contributed by atoms with Crippen molar-refractivity contribution in [3.8, 4) is 0 Å². The monoisotopic (exact) mass is 336 g/mol. The van der Waals surface area contributed by atoms with E-state index in [0.29, 0.717) is 29.1 Å². The van der Waals surface area contributed by atoms with Crippen molar-refractivity contribution in [2.24, 2.45) is 5.73 Å². The molecule has 3 heterocycles. The Labute approximate surface area is 143 Å². The van der Waals surface area contributed by atoms with E-state index in [-0.39, 0.29) is 5.91 Å². The van der Waals surface area contributed by atoms with Gasteiger partial charge >= 0.3 is 6.03 Å². The number of nitrogens with one attached hydrogen (secondary N) is 1. The molecule has 3 aromatic rings. The molecule has 2 aromatic heterocycles. The van der Waals surface area contributed by atoms with Crippen LogP contribution in [0.1, 0.15) is 21.6 Å². The summed E-state index contributed by atoms with van der Waals surface area (Å²) in [6, 6.07) is 6.76. The number of anilines is 2. The Morgan fingerprint density at radius 2 is 2.12 bits per heavy atom. The largest absolute Gasteiger partial charge is 0.351 e. The molecule has 0 fully saturated rings. The van der Waals surface area contributed by atoms with Crippen molar-refractivity contribution < 1.29 is 9.59 Å². The molecular weight excluding hydrogens is 320 g/mol. The molecule has 0 saturated carbocycles. The number of hydrogen-bond donors (Lipinski definition) is 2. The van der Waals surface area contributed by atoms with E-state index in [0.717, 1.165) is 17.7 Å². The summed E-state index contributed by atoms with van der Waals surface area (Å²) in [6.45, 7) is 2.37. The molecule has 1 aliphatic rings. The molecule has 3 N–H and O–H groups in total. The van der Waals surface area contributed by atoms with Crippen LogP contribution in [0.5, 0.6) is 0 Å². The minimum atomic E-state index is -0.494. The minimum absolute atomic E-state index is 0.286. The molecular formula is C17H16N6O2. The third-order valence-corrected chi connectivity index (χ3v) is 4.41. The van der Waals surface area contributed by atoms with Crippen LogP contribution in [0.15, 0.2) is 36.7 Å². The number of aryl methyl sites for hydroxylation is 1. The lowest BCUT2D eigenvalue weighted by Crippen LogP contribution is -2.34. The Morgan fingerprint density at radius 3 is 2.92 bits per heavy atom. The Balaban J connectivity index is 1.64. The molecule has 0 spiro atoms. The topological polar surface area (TPSA) is 106 Å². The second-order valence-electron chi connectivity index (χ2n) is 5.90. The van der Waals surface area contributed by atoms with E-state index >= 15 is 0 Å². The number of nitrogens with zero attached hydrogens (tertiary/aromatic N) is 4.